The molecule has 1 aliphatic rings. The molecule has 0 saturated carbocycles. The molecule has 0 atom stereocenters. The maximum absolute atomic E-state index is 11.2. The number of hydrogen-bond donors (Lipinski definition) is 3. The Labute approximate surface area is 139 Å². The Bertz CT molecular complexity index is 709. The van der Waals surface area contributed by atoms with Gasteiger partial charge in [-0.25, -0.2) is 0 Å². The predicted molar refractivity (Wildman–Crippen MR) is 99.4 cm³/mol. The van der Waals surface area contributed by atoms with Crippen molar-refractivity contribution >= 4 is 17.8 Å². The molecule has 5 nitrogen and oxygen atoms in total. The molecule has 0 aliphatic carbocycles. The number of amides is 1. The molecule has 0 radical (unpaired) electrons. The Hall–Kier alpha value is -3.08. The fourth-order valence-corrected chi connectivity index (χ4v) is 2.05. The van der Waals surface area contributed by atoms with Crippen LogP contribution in [-0.2, 0) is 0 Å². The molecule has 0 bridgehead atoms. The van der Waals surface area contributed by atoms with Crippen LogP contribution >= 0.6 is 0 Å². The number of primary amides is 1. The van der Waals surface area contributed by atoms with Crippen LogP contribution in [0.3, 0.4) is 0 Å². The summed E-state index contributed by atoms with van der Waals surface area (Å²) in [6, 6.07) is 7.03. The van der Waals surface area contributed by atoms with Crippen LogP contribution < -0.4 is 16.4 Å². The Balaban J connectivity index is 0.00000288. The van der Waals surface area contributed by atoms with Gasteiger partial charge in [-0.05, 0) is 36.3 Å². The second kappa shape index (κ2) is 8.38. The van der Waals surface area contributed by atoms with Crippen LogP contribution in [0.1, 0.15) is 19.6 Å². The van der Waals surface area contributed by atoms with Gasteiger partial charge in [0, 0.05) is 39.3 Å². The number of hydrogen-bond acceptors (Lipinski definition) is 4. The van der Waals surface area contributed by atoms with E-state index in [4.69, 9.17) is 5.73 Å². The van der Waals surface area contributed by atoms with Gasteiger partial charge < -0.3 is 16.4 Å². The first-order valence-electron chi connectivity index (χ1n) is 7.30. The number of nitrogens with zero attached hydrogens (tertiary/aromatic N) is 1. The third-order valence-corrected chi connectivity index (χ3v) is 3.16. The SMILES string of the molecule is C=CC/C(=C\C=C\Nc1cccc(C(N)=O)c1)C1=CNCC=N1.[HH].[HH]. The molecule has 5 heteroatoms. The first-order valence-corrected chi connectivity index (χ1v) is 7.30. The van der Waals surface area contributed by atoms with Gasteiger partial charge in [0.25, 0.3) is 0 Å². The smallest absolute Gasteiger partial charge is 0.248 e. The molecule has 0 aromatic heterocycles. The van der Waals surface area contributed by atoms with E-state index in [2.05, 4.69) is 22.2 Å². The highest BCUT2D eigenvalue weighted by Gasteiger charge is 2.03. The summed E-state index contributed by atoms with van der Waals surface area (Å²) in [7, 11) is 0. The maximum Gasteiger partial charge on any atom is 0.248 e. The van der Waals surface area contributed by atoms with Crippen molar-refractivity contribution in [2.75, 3.05) is 11.9 Å². The van der Waals surface area contributed by atoms with Gasteiger partial charge in [0.15, 0.2) is 0 Å². The fourth-order valence-electron chi connectivity index (χ4n) is 2.05. The molecular weight excluding hydrogens is 288 g/mol. The van der Waals surface area contributed by atoms with Crippen LogP contribution in [0.4, 0.5) is 5.69 Å². The van der Waals surface area contributed by atoms with Gasteiger partial charge in [-0.1, -0.05) is 18.2 Å². The van der Waals surface area contributed by atoms with Crippen LogP contribution in [0.2, 0.25) is 0 Å². The van der Waals surface area contributed by atoms with Gasteiger partial charge in [0.05, 0.1) is 5.70 Å². The molecule has 0 saturated heterocycles. The van der Waals surface area contributed by atoms with E-state index in [1.807, 2.05) is 36.7 Å². The number of rotatable bonds is 7. The summed E-state index contributed by atoms with van der Waals surface area (Å²) in [5.41, 5.74) is 8.50. The zero-order valence-electron chi connectivity index (χ0n) is 12.8. The van der Waals surface area contributed by atoms with E-state index in [0.717, 1.165) is 29.9 Å². The summed E-state index contributed by atoms with van der Waals surface area (Å²) >= 11 is 0. The summed E-state index contributed by atoms with van der Waals surface area (Å²) < 4.78 is 0. The molecule has 0 spiro atoms. The monoisotopic (exact) mass is 312 g/mol. The van der Waals surface area contributed by atoms with E-state index in [-0.39, 0.29) is 2.85 Å². The van der Waals surface area contributed by atoms with Crippen LogP contribution in [0.5, 0.6) is 0 Å². The number of aliphatic imine (C=N–C) groups is 1. The third-order valence-electron chi connectivity index (χ3n) is 3.16. The van der Waals surface area contributed by atoms with Gasteiger partial charge in [0.2, 0.25) is 5.91 Å². The molecule has 23 heavy (non-hydrogen) atoms. The van der Waals surface area contributed by atoms with Crippen molar-refractivity contribution in [3.05, 3.63) is 78.3 Å². The lowest BCUT2D eigenvalue weighted by Crippen LogP contribution is -2.13. The number of anilines is 1. The van der Waals surface area contributed by atoms with E-state index >= 15 is 0 Å². The Morgan fingerprint density at radius 2 is 2.39 bits per heavy atom. The predicted octanol–water partition coefficient (Wildman–Crippen LogP) is 3.22. The molecular formula is C18H24N4O. The topological polar surface area (TPSA) is 79.5 Å². The largest absolute Gasteiger partial charge is 0.384 e. The molecule has 0 fully saturated rings. The van der Waals surface area contributed by atoms with Gasteiger partial charge in [-0.2, -0.15) is 0 Å². The number of carbonyl (C=O) groups is 1. The lowest BCUT2D eigenvalue weighted by Gasteiger charge is -2.09. The molecule has 1 amide bonds. The summed E-state index contributed by atoms with van der Waals surface area (Å²) in [4.78, 5) is 15.5. The molecule has 1 heterocycles. The average molecular weight is 312 g/mol. The zero-order chi connectivity index (χ0) is 16.5. The van der Waals surface area contributed by atoms with Gasteiger partial charge >= 0.3 is 0 Å². The van der Waals surface area contributed by atoms with Crippen molar-refractivity contribution < 1.29 is 7.65 Å². The minimum atomic E-state index is -0.444. The number of allylic oxidation sites excluding steroid dienone is 4. The highest BCUT2D eigenvalue weighted by Crippen LogP contribution is 2.17. The Morgan fingerprint density at radius 1 is 1.52 bits per heavy atom. The summed E-state index contributed by atoms with van der Waals surface area (Å²) in [6.07, 6.45) is 12.0. The van der Waals surface area contributed by atoms with E-state index in [0.29, 0.717) is 5.56 Å². The minimum absolute atomic E-state index is 0. The molecule has 2 rings (SSSR count). The van der Waals surface area contributed by atoms with Gasteiger partial charge in [0.1, 0.15) is 0 Å². The van der Waals surface area contributed by atoms with Crippen molar-refractivity contribution in [1.82, 2.24) is 5.32 Å². The fraction of sp³-hybridized carbons (Fsp3) is 0.111. The average Bonchev–Trinajstić information content (AvgIpc) is 2.58. The lowest BCUT2D eigenvalue weighted by atomic mass is 10.1. The van der Waals surface area contributed by atoms with Crippen molar-refractivity contribution in [3.63, 3.8) is 0 Å². The molecule has 1 aromatic carbocycles. The van der Waals surface area contributed by atoms with Gasteiger partial charge in [-0.3, -0.25) is 9.79 Å². The number of benzene rings is 1. The van der Waals surface area contributed by atoms with E-state index in [1.165, 1.54) is 0 Å². The summed E-state index contributed by atoms with van der Waals surface area (Å²) in [5, 5.41) is 6.24. The number of nitrogens with two attached hydrogens (primary N) is 1. The van der Waals surface area contributed by atoms with Crippen molar-refractivity contribution in [1.29, 1.82) is 0 Å². The van der Waals surface area contributed by atoms with Crippen molar-refractivity contribution in [2.24, 2.45) is 10.7 Å². The highest BCUT2D eigenvalue weighted by molar-refractivity contribution is 5.93. The molecule has 1 aliphatic heterocycles. The van der Waals surface area contributed by atoms with Crippen LogP contribution in [0.25, 0.3) is 0 Å². The summed E-state index contributed by atoms with van der Waals surface area (Å²) in [6.45, 7) is 4.52. The third kappa shape index (κ3) is 5.00. The highest BCUT2D eigenvalue weighted by atomic mass is 16.1. The molecule has 0 unspecified atom stereocenters. The van der Waals surface area contributed by atoms with Crippen LogP contribution in [0, 0.1) is 0 Å². The van der Waals surface area contributed by atoms with E-state index < -0.39 is 5.91 Å². The van der Waals surface area contributed by atoms with Crippen molar-refractivity contribution in [3.8, 4) is 0 Å². The van der Waals surface area contributed by atoms with Crippen molar-refractivity contribution in [2.45, 2.75) is 6.42 Å². The quantitative estimate of drug-likeness (QED) is 0.534. The first kappa shape index (κ1) is 16.3. The molecule has 122 valence electrons. The second-order valence-electron chi connectivity index (χ2n) is 4.88. The Kier molecular flexibility index (Phi) is 5.94. The maximum atomic E-state index is 11.2. The zero-order valence-corrected chi connectivity index (χ0v) is 12.8. The molecule has 1 aromatic rings. The van der Waals surface area contributed by atoms with E-state index in [1.54, 1.807) is 24.4 Å². The van der Waals surface area contributed by atoms with Crippen LogP contribution in [0.15, 0.2) is 77.7 Å². The standard InChI is InChI=1S/C18H20N4O.2H2/c1-2-5-14(17-13-20-10-11-22-17)7-4-9-21-16-8-3-6-15(12-16)18(19)23;;/h2-4,6-9,11-13,20-21H,1,5,10H2,(H2,19,23);2*1H/b9-4+,14-7+;;. The normalized spacial score (nSPS) is 14.3. The summed E-state index contributed by atoms with van der Waals surface area (Å²) in [5.74, 6) is -0.444. The van der Waals surface area contributed by atoms with E-state index in [9.17, 15) is 4.79 Å². The van der Waals surface area contributed by atoms with Crippen LogP contribution in [-0.4, -0.2) is 18.7 Å². The molecule has 4 N–H and O–H groups in total. The Morgan fingerprint density at radius 3 is 3.09 bits per heavy atom. The lowest BCUT2D eigenvalue weighted by molar-refractivity contribution is 0.100. The minimum Gasteiger partial charge on any atom is -0.384 e. The first-order chi connectivity index (χ1) is 11.2. The number of carbonyl (C=O) groups excluding carboxylic acids is 1. The second-order valence-corrected chi connectivity index (χ2v) is 4.88. The van der Waals surface area contributed by atoms with Gasteiger partial charge in [-0.15, -0.1) is 6.58 Å². The number of nitrogens with one attached hydrogen (secondary N) is 2.